The van der Waals surface area contributed by atoms with Gasteiger partial charge in [0.05, 0.1) is 25.7 Å². The van der Waals surface area contributed by atoms with Gasteiger partial charge in [-0.2, -0.15) is 0 Å². The van der Waals surface area contributed by atoms with E-state index in [4.69, 9.17) is 9.47 Å². The standard InChI is InChI=1S/C20H21NO4/c22-19(11-12-24-14-17-9-5-2-6-10-17)21-18(15-25-20(21)23)13-16-7-3-1-4-8-16/h1-10,18H,11-15H2/t18-/m0/s1. The third kappa shape index (κ3) is 4.67. The van der Waals surface area contributed by atoms with Gasteiger partial charge in [0.1, 0.15) is 6.61 Å². The number of imide groups is 1. The van der Waals surface area contributed by atoms with Crippen molar-refractivity contribution < 1.29 is 19.1 Å². The Kier molecular flexibility index (Phi) is 5.80. The number of carbonyl (C=O) groups excluding carboxylic acids is 2. The predicted molar refractivity (Wildman–Crippen MR) is 92.8 cm³/mol. The van der Waals surface area contributed by atoms with E-state index in [0.717, 1.165) is 11.1 Å². The largest absolute Gasteiger partial charge is 0.447 e. The van der Waals surface area contributed by atoms with Crippen molar-refractivity contribution in [1.29, 1.82) is 0 Å². The number of hydrogen-bond donors (Lipinski definition) is 0. The molecule has 3 rings (SSSR count). The van der Waals surface area contributed by atoms with E-state index >= 15 is 0 Å². The highest BCUT2D eigenvalue weighted by atomic mass is 16.6. The highest BCUT2D eigenvalue weighted by molar-refractivity contribution is 5.93. The van der Waals surface area contributed by atoms with Crippen LogP contribution in [-0.4, -0.2) is 36.2 Å². The molecule has 0 aromatic heterocycles. The van der Waals surface area contributed by atoms with E-state index in [9.17, 15) is 9.59 Å². The zero-order valence-corrected chi connectivity index (χ0v) is 14.0. The van der Waals surface area contributed by atoms with Crippen molar-refractivity contribution in [3.8, 4) is 0 Å². The molecule has 5 heteroatoms. The second-order valence-electron chi connectivity index (χ2n) is 5.97. The van der Waals surface area contributed by atoms with E-state index in [1.54, 1.807) is 0 Å². The van der Waals surface area contributed by atoms with Crippen molar-refractivity contribution >= 4 is 12.0 Å². The van der Waals surface area contributed by atoms with Crippen LogP contribution >= 0.6 is 0 Å². The van der Waals surface area contributed by atoms with Gasteiger partial charge < -0.3 is 9.47 Å². The summed E-state index contributed by atoms with van der Waals surface area (Å²) in [5.74, 6) is -0.253. The molecule has 2 amide bonds. The summed E-state index contributed by atoms with van der Waals surface area (Å²) in [6, 6.07) is 19.3. The molecule has 0 N–H and O–H groups in total. The van der Waals surface area contributed by atoms with Gasteiger partial charge in [0, 0.05) is 0 Å². The Morgan fingerprint density at radius 3 is 2.36 bits per heavy atom. The first-order valence-electron chi connectivity index (χ1n) is 8.38. The molecule has 1 atom stereocenters. The average molecular weight is 339 g/mol. The topological polar surface area (TPSA) is 55.8 Å². The van der Waals surface area contributed by atoms with E-state index in [-0.39, 0.29) is 31.6 Å². The number of benzene rings is 2. The summed E-state index contributed by atoms with van der Waals surface area (Å²) in [4.78, 5) is 25.6. The maximum atomic E-state index is 12.4. The van der Waals surface area contributed by atoms with Crippen LogP contribution in [-0.2, 0) is 27.3 Å². The quantitative estimate of drug-likeness (QED) is 0.727. The second-order valence-corrected chi connectivity index (χ2v) is 5.97. The van der Waals surface area contributed by atoms with Crippen LogP contribution in [0.3, 0.4) is 0 Å². The number of cyclic esters (lactones) is 1. The van der Waals surface area contributed by atoms with Gasteiger partial charge >= 0.3 is 6.09 Å². The molecule has 0 spiro atoms. The van der Waals surface area contributed by atoms with Gasteiger partial charge in [0.25, 0.3) is 0 Å². The highest BCUT2D eigenvalue weighted by Crippen LogP contribution is 2.18. The Hall–Kier alpha value is -2.66. The molecule has 0 saturated carbocycles. The summed E-state index contributed by atoms with van der Waals surface area (Å²) in [5.41, 5.74) is 2.13. The zero-order chi connectivity index (χ0) is 17.5. The molecule has 0 aliphatic carbocycles. The molecule has 1 aliphatic heterocycles. The highest BCUT2D eigenvalue weighted by Gasteiger charge is 2.37. The molecule has 5 nitrogen and oxygen atoms in total. The maximum Gasteiger partial charge on any atom is 0.416 e. The number of rotatable bonds is 7. The van der Waals surface area contributed by atoms with Gasteiger partial charge in [-0.15, -0.1) is 0 Å². The first-order chi connectivity index (χ1) is 12.2. The lowest BCUT2D eigenvalue weighted by Gasteiger charge is -2.19. The number of hydrogen-bond acceptors (Lipinski definition) is 4. The molecule has 1 saturated heterocycles. The Labute approximate surface area is 147 Å². The fourth-order valence-corrected chi connectivity index (χ4v) is 2.85. The van der Waals surface area contributed by atoms with Crippen molar-refractivity contribution in [1.82, 2.24) is 4.90 Å². The average Bonchev–Trinajstić information content (AvgIpc) is 3.00. The van der Waals surface area contributed by atoms with Crippen LogP contribution in [0.15, 0.2) is 60.7 Å². The summed E-state index contributed by atoms with van der Waals surface area (Å²) in [6.07, 6.45) is 0.199. The molecular weight excluding hydrogens is 318 g/mol. The SMILES string of the molecule is O=C(CCOCc1ccccc1)N1C(=O)OC[C@@H]1Cc1ccccc1. The van der Waals surface area contributed by atoms with Crippen LogP contribution in [0.5, 0.6) is 0 Å². The predicted octanol–water partition coefficient (Wildman–Crippen LogP) is 3.18. The van der Waals surface area contributed by atoms with Crippen molar-refractivity contribution in [2.24, 2.45) is 0 Å². The van der Waals surface area contributed by atoms with Crippen LogP contribution in [0.25, 0.3) is 0 Å². The number of nitrogens with zero attached hydrogens (tertiary/aromatic N) is 1. The summed E-state index contributed by atoms with van der Waals surface area (Å²) < 4.78 is 10.6. The van der Waals surface area contributed by atoms with Gasteiger partial charge in [-0.1, -0.05) is 60.7 Å². The molecule has 25 heavy (non-hydrogen) atoms. The number of amides is 2. The Balaban J connectivity index is 1.49. The van der Waals surface area contributed by atoms with Gasteiger partial charge in [0.15, 0.2) is 0 Å². The van der Waals surface area contributed by atoms with Crippen LogP contribution in [0.4, 0.5) is 4.79 Å². The number of carbonyl (C=O) groups is 2. The van der Waals surface area contributed by atoms with E-state index in [1.165, 1.54) is 4.90 Å². The van der Waals surface area contributed by atoms with E-state index in [0.29, 0.717) is 13.0 Å². The summed E-state index contributed by atoms with van der Waals surface area (Å²) in [5, 5.41) is 0. The molecule has 1 heterocycles. The Morgan fingerprint density at radius 2 is 1.68 bits per heavy atom. The minimum atomic E-state index is -0.561. The normalized spacial score (nSPS) is 16.7. The molecule has 1 fully saturated rings. The third-order valence-corrected chi connectivity index (χ3v) is 4.12. The molecular formula is C20H21NO4. The Morgan fingerprint density at radius 1 is 1.04 bits per heavy atom. The Bertz CT molecular complexity index is 702. The molecule has 0 bridgehead atoms. The van der Waals surface area contributed by atoms with Crippen molar-refractivity contribution in [3.63, 3.8) is 0 Å². The summed E-state index contributed by atoms with van der Waals surface area (Å²) >= 11 is 0. The summed E-state index contributed by atoms with van der Waals surface area (Å²) in [7, 11) is 0. The van der Waals surface area contributed by atoms with E-state index in [2.05, 4.69) is 0 Å². The van der Waals surface area contributed by atoms with Crippen LogP contribution in [0.2, 0.25) is 0 Å². The first kappa shape index (κ1) is 17.2. The maximum absolute atomic E-state index is 12.4. The lowest BCUT2D eigenvalue weighted by atomic mass is 10.1. The smallest absolute Gasteiger partial charge is 0.416 e. The van der Waals surface area contributed by atoms with Gasteiger partial charge in [0.2, 0.25) is 5.91 Å². The van der Waals surface area contributed by atoms with Crippen LogP contribution < -0.4 is 0 Å². The summed E-state index contributed by atoms with van der Waals surface area (Å²) in [6.45, 7) is 0.964. The first-order valence-corrected chi connectivity index (χ1v) is 8.38. The molecule has 2 aromatic carbocycles. The zero-order valence-electron chi connectivity index (χ0n) is 14.0. The minimum absolute atomic E-state index is 0.160. The molecule has 0 unspecified atom stereocenters. The van der Waals surface area contributed by atoms with Gasteiger partial charge in [-0.3, -0.25) is 4.79 Å². The van der Waals surface area contributed by atoms with Crippen molar-refractivity contribution in [2.45, 2.75) is 25.5 Å². The number of ether oxygens (including phenoxy) is 2. The van der Waals surface area contributed by atoms with Gasteiger partial charge in [-0.05, 0) is 17.5 Å². The lowest BCUT2D eigenvalue weighted by Crippen LogP contribution is -2.40. The van der Waals surface area contributed by atoms with Crippen molar-refractivity contribution in [2.75, 3.05) is 13.2 Å². The third-order valence-electron chi connectivity index (χ3n) is 4.12. The van der Waals surface area contributed by atoms with E-state index in [1.807, 2.05) is 60.7 Å². The van der Waals surface area contributed by atoms with Gasteiger partial charge in [-0.25, -0.2) is 9.69 Å². The minimum Gasteiger partial charge on any atom is -0.447 e. The second kappa shape index (κ2) is 8.44. The fourth-order valence-electron chi connectivity index (χ4n) is 2.85. The van der Waals surface area contributed by atoms with Crippen molar-refractivity contribution in [3.05, 3.63) is 71.8 Å². The fraction of sp³-hybridized carbons (Fsp3) is 0.300. The molecule has 0 radical (unpaired) electrons. The van der Waals surface area contributed by atoms with Crippen LogP contribution in [0, 0.1) is 0 Å². The molecule has 1 aliphatic rings. The lowest BCUT2D eigenvalue weighted by molar-refractivity contribution is -0.130. The van der Waals surface area contributed by atoms with Crippen LogP contribution in [0.1, 0.15) is 17.5 Å². The molecule has 2 aromatic rings. The molecule has 130 valence electrons. The monoisotopic (exact) mass is 339 g/mol. The van der Waals surface area contributed by atoms with E-state index < -0.39 is 6.09 Å².